The van der Waals surface area contributed by atoms with Crippen LogP contribution in [-0.2, 0) is 18.3 Å². The smallest absolute Gasteiger partial charge is 0.224 e. The molecule has 0 unspecified atom stereocenters. The molecule has 1 aromatic heterocycles. The fraction of sp³-hybridized carbons (Fsp3) is 0.250. The predicted molar refractivity (Wildman–Crippen MR) is 108 cm³/mol. The molecule has 28 heavy (non-hydrogen) atoms. The lowest BCUT2D eigenvalue weighted by Crippen LogP contribution is -2.12. The van der Waals surface area contributed by atoms with Gasteiger partial charge in [-0.25, -0.2) is 0 Å². The number of nitrogens with zero attached hydrogens (tertiary/aromatic N) is 3. The lowest BCUT2D eigenvalue weighted by molar-refractivity contribution is -0.116. The third-order valence-electron chi connectivity index (χ3n) is 4.11. The van der Waals surface area contributed by atoms with E-state index >= 15 is 0 Å². The number of hydrogen-bond acceptors (Lipinski definition) is 6. The third kappa shape index (κ3) is 5.04. The molecule has 146 valence electrons. The van der Waals surface area contributed by atoms with Crippen molar-refractivity contribution < 1.29 is 14.3 Å². The highest BCUT2D eigenvalue weighted by atomic mass is 32.2. The number of carbonyl (C=O) groups excluding carboxylic acids is 1. The van der Waals surface area contributed by atoms with Gasteiger partial charge in [0.25, 0.3) is 0 Å². The molecule has 3 rings (SSSR count). The van der Waals surface area contributed by atoms with E-state index in [4.69, 9.17) is 9.47 Å². The Balaban J connectivity index is 1.53. The van der Waals surface area contributed by atoms with Crippen LogP contribution in [0.15, 0.2) is 58.8 Å². The average Bonchev–Trinajstić information content (AvgIpc) is 3.12. The van der Waals surface area contributed by atoms with Crippen LogP contribution in [0.3, 0.4) is 0 Å². The van der Waals surface area contributed by atoms with Crippen molar-refractivity contribution in [3.05, 3.63) is 54.4 Å². The summed E-state index contributed by atoms with van der Waals surface area (Å²) in [5.41, 5.74) is 1.78. The van der Waals surface area contributed by atoms with Gasteiger partial charge in [0, 0.05) is 24.1 Å². The highest BCUT2D eigenvalue weighted by molar-refractivity contribution is 7.99. The van der Waals surface area contributed by atoms with Gasteiger partial charge in [0.2, 0.25) is 5.91 Å². The number of aromatic nitrogens is 3. The van der Waals surface area contributed by atoms with Gasteiger partial charge in [-0.1, -0.05) is 6.07 Å². The van der Waals surface area contributed by atoms with Crippen LogP contribution < -0.4 is 14.8 Å². The SMILES string of the molecule is COc1ccc(CCC(=O)Nc2ccc(Sc3nncn3C)cc2)cc1OC. The molecule has 2 aromatic carbocycles. The predicted octanol–water partition coefficient (Wildman–Crippen LogP) is 3.55. The lowest BCUT2D eigenvalue weighted by atomic mass is 10.1. The number of ether oxygens (including phenoxy) is 2. The van der Waals surface area contributed by atoms with Crippen molar-refractivity contribution in [2.75, 3.05) is 19.5 Å². The quantitative estimate of drug-likeness (QED) is 0.625. The summed E-state index contributed by atoms with van der Waals surface area (Å²) < 4.78 is 12.4. The number of aryl methyl sites for hydroxylation is 2. The van der Waals surface area contributed by atoms with Crippen LogP contribution in [0.2, 0.25) is 0 Å². The Morgan fingerprint density at radius 2 is 1.86 bits per heavy atom. The second kappa shape index (κ2) is 9.27. The van der Waals surface area contributed by atoms with Crippen LogP contribution in [0.1, 0.15) is 12.0 Å². The van der Waals surface area contributed by atoms with E-state index in [1.165, 1.54) is 11.8 Å². The Hall–Kier alpha value is -3.00. The standard InChI is InChI=1S/C20H22N4O3S/c1-24-13-21-23-20(24)28-16-8-6-15(7-9-16)22-19(25)11-5-14-4-10-17(26-2)18(12-14)27-3/h4,6-10,12-13H,5,11H2,1-3H3,(H,22,25). The van der Waals surface area contributed by atoms with Crippen molar-refractivity contribution in [3.63, 3.8) is 0 Å². The molecule has 1 amide bonds. The molecule has 1 heterocycles. The molecule has 0 fully saturated rings. The van der Waals surface area contributed by atoms with E-state index in [2.05, 4.69) is 15.5 Å². The Labute approximate surface area is 168 Å². The molecular weight excluding hydrogens is 376 g/mol. The largest absolute Gasteiger partial charge is 0.493 e. The fourth-order valence-corrected chi connectivity index (χ4v) is 3.36. The number of rotatable bonds is 8. The number of anilines is 1. The molecule has 0 aliphatic rings. The van der Waals surface area contributed by atoms with E-state index < -0.39 is 0 Å². The van der Waals surface area contributed by atoms with Crippen molar-refractivity contribution in [1.82, 2.24) is 14.8 Å². The molecule has 0 aliphatic heterocycles. The van der Waals surface area contributed by atoms with Gasteiger partial charge in [-0.05, 0) is 60.1 Å². The Morgan fingerprint density at radius 3 is 2.50 bits per heavy atom. The molecule has 0 radical (unpaired) electrons. The monoisotopic (exact) mass is 398 g/mol. The molecule has 0 bridgehead atoms. The zero-order valence-electron chi connectivity index (χ0n) is 16.0. The second-order valence-corrected chi connectivity index (χ2v) is 7.13. The normalized spacial score (nSPS) is 10.5. The summed E-state index contributed by atoms with van der Waals surface area (Å²) in [5.74, 6) is 1.30. The molecule has 7 nitrogen and oxygen atoms in total. The van der Waals surface area contributed by atoms with E-state index in [1.54, 1.807) is 20.5 Å². The summed E-state index contributed by atoms with van der Waals surface area (Å²) in [6.07, 6.45) is 2.66. The van der Waals surface area contributed by atoms with Crippen molar-refractivity contribution in [1.29, 1.82) is 0 Å². The zero-order valence-corrected chi connectivity index (χ0v) is 16.8. The first kappa shape index (κ1) is 19.8. The topological polar surface area (TPSA) is 78.3 Å². The van der Waals surface area contributed by atoms with Crippen LogP contribution in [0.4, 0.5) is 5.69 Å². The minimum absolute atomic E-state index is 0.0384. The van der Waals surface area contributed by atoms with Crippen molar-refractivity contribution in [2.24, 2.45) is 7.05 Å². The van der Waals surface area contributed by atoms with Gasteiger partial charge in [0.05, 0.1) is 14.2 Å². The maximum absolute atomic E-state index is 12.3. The summed E-state index contributed by atoms with van der Waals surface area (Å²) in [5, 5.41) is 11.6. The molecule has 3 aromatic rings. The summed E-state index contributed by atoms with van der Waals surface area (Å²) in [6, 6.07) is 13.3. The van der Waals surface area contributed by atoms with E-state index in [-0.39, 0.29) is 5.91 Å². The first-order chi connectivity index (χ1) is 13.6. The summed E-state index contributed by atoms with van der Waals surface area (Å²) in [6.45, 7) is 0. The van der Waals surface area contributed by atoms with Gasteiger partial charge < -0.3 is 19.4 Å². The molecule has 8 heteroatoms. The summed E-state index contributed by atoms with van der Waals surface area (Å²) in [4.78, 5) is 13.3. The van der Waals surface area contributed by atoms with Crippen LogP contribution in [0.25, 0.3) is 0 Å². The number of methoxy groups -OCH3 is 2. The Bertz CT molecular complexity index is 941. The number of amides is 1. The van der Waals surface area contributed by atoms with Crippen molar-refractivity contribution in [3.8, 4) is 11.5 Å². The van der Waals surface area contributed by atoms with Crippen molar-refractivity contribution >= 4 is 23.4 Å². The zero-order chi connectivity index (χ0) is 19.9. The van der Waals surface area contributed by atoms with Crippen LogP contribution in [-0.4, -0.2) is 34.9 Å². The van der Waals surface area contributed by atoms with Gasteiger partial charge in [0.1, 0.15) is 6.33 Å². The highest BCUT2D eigenvalue weighted by Crippen LogP contribution is 2.28. The van der Waals surface area contributed by atoms with E-state index in [0.717, 1.165) is 21.3 Å². The third-order valence-corrected chi connectivity index (χ3v) is 5.17. The first-order valence-corrected chi connectivity index (χ1v) is 9.53. The maximum atomic E-state index is 12.3. The lowest BCUT2D eigenvalue weighted by Gasteiger charge is -2.10. The molecule has 0 aliphatic carbocycles. The average molecular weight is 398 g/mol. The highest BCUT2D eigenvalue weighted by Gasteiger charge is 2.08. The number of nitrogens with one attached hydrogen (secondary N) is 1. The van der Waals surface area contributed by atoms with Crippen LogP contribution in [0.5, 0.6) is 11.5 Å². The molecule has 0 saturated carbocycles. The van der Waals surface area contributed by atoms with E-state index in [9.17, 15) is 4.79 Å². The number of carbonyl (C=O) groups is 1. The van der Waals surface area contributed by atoms with Gasteiger partial charge in [0.15, 0.2) is 16.7 Å². The summed E-state index contributed by atoms with van der Waals surface area (Å²) >= 11 is 1.52. The molecule has 0 atom stereocenters. The maximum Gasteiger partial charge on any atom is 0.224 e. The van der Waals surface area contributed by atoms with Gasteiger partial charge in [-0.15, -0.1) is 10.2 Å². The van der Waals surface area contributed by atoms with Crippen LogP contribution in [0, 0.1) is 0 Å². The van der Waals surface area contributed by atoms with E-state index in [0.29, 0.717) is 24.3 Å². The minimum Gasteiger partial charge on any atom is -0.493 e. The van der Waals surface area contributed by atoms with Crippen LogP contribution >= 0.6 is 11.8 Å². The molecular formula is C20H22N4O3S. The number of hydrogen-bond donors (Lipinski definition) is 1. The van der Waals surface area contributed by atoms with Crippen molar-refractivity contribution in [2.45, 2.75) is 22.9 Å². The Morgan fingerprint density at radius 1 is 1.11 bits per heavy atom. The summed E-state index contributed by atoms with van der Waals surface area (Å²) in [7, 11) is 5.10. The molecule has 0 saturated heterocycles. The fourth-order valence-electron chi connectivity index (χ4n) is 2.59. The minimum atomic E-state index is -0.0384. The second-order valence-electron chi connectivity index (χ2n) is 6.09. The number of benzene rings is 2. The van der Waals surface area contributed by atoms with Gasteiger partial charge >= 0.3 is 0 Å². The van der Waals surface area contributed by atoms with Gasteiger partial charge in [-0.3, -0.25) is 4.79 Å². The Kier molecular flexibility index (Phi) is 6.54. The first-order valence-electron chi connectivity index (χ1n) is 8.71. The van der Waals surface area contributed by atoms with E-state index in [1.807, 2.05) is 54.1 Å². The molecule has 0 spiro atoms. The van der Waals surface area contributed by atoms with Gasteiger partial charge in [-0.2, -0.15) is 0 Å². The molecule has 1 N–H and O–H groups in total.